The molecule has 0 saturated carbocycles. The van der Waals surface area contributed by atoms with Crippen LogP contribution in [-0.2, 0) is 31.1 Å². The first kappa shape index (κ1) is 41.7. The number of rotatable bonds is 13. The summed E-state index contributed by atoms with van der Waals surface area (Å²) in [5.41, 5.74) is 4.20. The smallest absolute Gasteiger partial charge is 1.00 e. The fourth-order valence-electron chi connectivity index (χ4n) is 6.81. The number of aromatic hydroxyl groups is 1. The SMILES string of the molecule is Cn1cc(O)c(=O)c2cc(C(=O)NCC[N+]3(CC4=C(C(=O)O)N5C(=O)[C@@H](NC(=O)/C(=N\OC(C)(C)C(=O)O)c6csc(N)n6)[C@H]5SC4)CCCC3)ccc21.[H-].[Na+]. The van der Waals surface area contributed by atoms with Crippen molar-refractivity contribution in [3.8, 4) is 5.75 Å². The Balaban J connectivity index is 0.00000348. The quantitative estimate of drug-likeness (QED) is 0.0352. The Morgan fingerprint density at radius 2 is 1.89 bits per heavy atom. The fraction of sp³-hybridized carbons (Fsp3) is 0.412. The first-order chi connectivity index (χ1) is 25.5. The van der Waals surface area contributed by atoms with Gasteiger partial charge in [0.2, 0.25) is 11.0 Å². The predicted molar refractivity (Wildman–Crippen MR) is 199 cm³/mol. The summed E-state index contributed by atoms with van der Waals surface area (Å²) in [6, 6.07) is 3.57. The Kier molecular flexibility index (Phi) is 12.4. The number of thioether (sulfide) groups is 1. The molecular weight excluding hydrogens is 768 g/mol. The summed E-state index contributed by atoms with van der Waals surface area (Å²) in [6.07, 6.45) is 3.11. The van der Waals surface area contributed by atoms with Crippen molar-refractivity contribution in [2.75, 3.05) is 44.2 Å². The Labute approximate surface area is 345 Å². The molecule has 18 nitrogen and oxygen atoms in total. The number of carboxylic acids is 2. The van der Waals surface area contributed by atoms with Crippen LogP contribution in [0.25, 0.3) is 10.9 Å². The number of oxime groups is 1. The van der Waals surface area contributed by atoms with Gasteiger partial charge in [-0.05, 0) is 32.0 Å². The number of quaternary nitrogens is 1. The van der Waals surface area contributed by atoms with Gasteiger partial charge in [0.25, 0.3) is 17.7 Å². The molecule has 2 aromatic heterocycles. The molecule has 6 rings (SSSR count). The minimum Gasteiger partial charge on any atom is -1.00 e. The summed E-state index contributed by atoms with van der Waals surface area (Å²) in [4.78, 5) is 87.2. The van der Waals surface area contributed by atoms with Crippen LogP contribution in [0.5, 0.6) is 5.75 Å². The average Bonchev–Trinajstić information content (AvgIpc) is 3.77. The maximum absolute atomic E-state index is 13.5. The van der Waals surface area contributed by atoms with Gasteiger partial charge in [-0.1, -0.05) is 5.16 Å². The monoisotopic (exact) mass is 807 g/mol. The van der Waals surface area contributed by atoms with Gasteiger partial charge in [0.05, 0.1) is 43.3 Å². The van der Waals surface area contributed by atoms with Gasteiger partial charge in [0.1, 0.15) is 29.4 Å². The Hall–Kier alpha value is -4.47. The minimum absolute atomic E-state index is 0. The number of β-lactam (4-membered cyclic amide) rings is 1. The summed E-state index contributed by atoms with van der Waals surface area (Å²) in [5.74, 6) is -4.70. The number of carbonyl (C=O) groups excluding carboxylic acids is 3. The summed E-state index contributed by atoms with van der Waals surface area (Å²) in [6.45, 7) is 5.04. The number of hydrogen-bond acceptors (Lipinski definition) is 13. The van der Waals surface area contributed by atoms with Crippen molar-refractivity contribution in [1.82, 2.24) is 25.1 Å². The largest absolute Gasteiger partial charge is 1.00 e. The van der Waals surface area contributed by atoms with E-state index in [1.54, 1.807) is 23.7 Å². The Bertz CT molecular complexity index is 2200. The average molecular weight is 808 g/mol. The number of anilines is 1. The number of fused-ring (bicyclic) bond motifs is 2. The fourth-order valence-corrected chi connectivity index (χ4v) is 8.69. The number of likely N-dealkylation sites (tertiary alicyclic amines) is 1. The van der Waals surface area contributed by atoms with Crippen molar-refractivity contribution in [1.29, 1.82) is 0 Å². The molecule has 5 heterocycles. The second kappa shape index (κ2) is 16.3. The van der Waals surface area contributed by atoms with Crippen LogP contribution in [0.4, 0.5) is 5.13 Å². The number of aryl methyl sites for hydroxylation is 1. The molecule has 0 spiro atoms. The van der Waals surface area contributed by atoms with E-state index in [9.17, 15) is 44.1 Å². The van der Waals surface area contributed by atoms with Gasteiger partial charge in [-0.25, -0.2) is 14.6 Å². The maximum atomic E-state index is 13.5. The number of carbonyl (C=O) groups is 5. The van der Waals surface area contributed by atoms with E-state index in [2.05, 4.69) is 20.8 Å². The minimum atomic E-state index is -1.79. The molecule has 0 bridgehead atoms. The molecule has 2 atom stereocenters. The van der Waals surface area contributed by atoms with Crippen LogP contribution in [0.15, 0.2) is 51.0 Å². The van der Waals surface area contributed by atoms with Crippen LogP contribution < -0.4 is 51.4 Å². The van der Waals surface area contributed by atoms with Gasteiger partial charge < -0.3 is 47.0 Å². The summed E-state index contributed by atoms with van der Waals surface area (Å²) >= 11 is 2.32. The number of pyridine rings is 1. The van der Waals surface area contributed by atoms with Crippen LogP contribution >= 0.6 is 23.1 Å². The van der Waals surface area contributed by atoms with Crippen LogP contribution in [-0.4, -0.2) is 125 Å². The van der Waals surface area contributed by atoms with Gasteiger partial charge in [0.15, 0.2) is 16.6 Å². The molecule has 0 radical (unpaired) electrons. The molecule has 0 aliphatic carbocycles. The van der Waals surface area contributed by atoms with Crippen LogP contribution in [0.2, 0.25) is 0 Å². The van der Waals surface area contributed by atoms with Crippen molar-refractivity contribution in [2.45, 2.75) is 43.7 Å². The number of carboxylic acid groups (broad SMARTS) is 2. The van der Waals surface area contributed by atoms with Gasteiger partial charge in [-0.15, -0.1) is 23.1 Å². The number of nitrogens with two attached hydrogens (primary N) is 1. The molecule has 3 aliphatic heterocycles. The zero-order chi connectivity index (χ0) is 39.1. The number of benzene rings is 1. The Morgan fingerprint density at radius 3 is 2.53 bits per heavy atom. The van der Waals surface area contributed by atoms with E-state index in [1.165, 1.54) is 48.2 Å². The van der Waals surface area contributed by atoms with Gasteiger partial charge in [0, 0.05) is 42.2 Å². The normalized spacial score (nSPS) is 19.3. The molecule has 55 heavy (non-hydrogen) atoms. The molecule has 3 amide bonds. The molecule has 2 saturated heterocycles. The number of nitrogens with zero attached hydrogens (tertiary/aromatic N) is 5. The van der Waals surface area contributed by atoms with E-state index in [0.717, 1.165) is 37.3 Å². The molecule has 7 N–H and O–H groups in total. The summed E-state index contributed by atoms with van der Waals surface area (Å²) in [5, 5.41) is 40.0. The third-order valence-corrected chi connectivity index (χ3v) is 11.8. The summed E-state index contributed by atoms with van der Waals surface area (Å²) < 4.78 is 2.09. The van der Waals surface area contributed by atoms with Crippen molar-refractivity contribution >= 4 is 74.5 Å². The molecule has 2 fully saturated rings. The zero-order valence-corrected chi connectivity index (χ0v) is 34.2. The topological polar surface area (TPSA) is 256 Å². The Morgan fingerprint density at radius 1 is 1.18 bits per heavy atom. The third kappa shape index (κ3) is 8.38. The number of amides is 3. The van der Waals surface area contributed by atoms with E-state index in [1.807, 2.05) is 0 Å². The van der Waals surface area contributed by atoms with Crippen molar-refractivity contribution < 1.29 is 79.6 Å². The van der Waals surface area contributed by atoms with Gasteiger partial charge >= 0.3 is 41.5 Å². The standard InChI is InChI=1S/C34H38N8O10S2.Na.H/c1-34(2,32(50)51)52-39-23(20-16-54-33(35)37-20)28(46)38-24-29(47)41-25(31(48)49)18(15-53-30(24)41)14-42(9-4-5-10-42)11-8-36-27(45)17-6-7-21-19(12-17)26(44)22(43)13-40(21)3;;/h6-7,12-13,16,24,30H,4-5,8-11,14-15H2,1-3H3,(H6-,35,36,37,38,43,45,46,48,49,50,51);;/q;+1;-1/p+1/b39-23-;;/t24-,30-;;/m1../s1. The second-order valence-corrected chi connectivity index (χ2v) is 15.9. The first-order valence-electron chi connectivity index (χ1n) is 16.9. The second-order valence-electron chi connectivity index (χ2n) is 13.9. The number of hydrogen-bond donors (Lipinski definition) is 6. The molecule has 21 heteroatoms. The molecule has 1 aromatic carbocycles. The van der Waals surface area contributed by atoms with Crippen LogP contribution in [0, 0.1) is 0 Å². The van der Waals surface area contributed by atoms with Crippen LogP contribution in [0.1, 0.15) is 44.2 Å². The van der Waals surface area contributed by atoms with E-state index >= 15 is 0 Å². The number of nitrogens with one attached hydrogen (secondary N) is 2. The van der Waals surface area contributed by atoms with Gasteiger partial charge in [-0.2, -0.15) is 0 Å². The third-order valence-electron chi connectivity index (χ3n) is 9.74. The van der Waals surface area contributed by atoms with E-state index < -0.39 is 63.6 Å². The first-order valence-corrected chi connectivity index (χ1v) is 18.8. The molecule has 288 valence electrons. The molecule has 3 aromatic rings. The predicted octanol–water partition coefficient (Wildman–Crippen LogP) is -2.24. The summed E-state index contributed by atoms with van der Waals surface area (Å²) in [7, 11) is 1.68. The number of aliphatic carboxylic acids is 2. The number of nitrogen functional groups attached to an aromatic ring is 1. The van der Waals surface area contributed by atoms with Crippen LogP contribution in [0.3, 0.4) is 0 Å². The number of aromatic nitrogens is 2. The van der Waals surface area contributed by atoms with Gasteiger partial charge in [-0.3, -0.25) is 24.1 Å². The molecular formula is C34H40N8NaO10S2+. The van der Waals surface area contributed by atoms with Crippen molar-refractivity contribution in [2.24, 2.45) is 12.2 Å². The zero-order valence-electron chi connectivity index (χ0n) is 31.5. The van der Waals surface area contributed by atoms with E-state index in [4.69, 9.17) is 10.6 Å². The van der Waals surface area contributed by atoms with Crippen molar-refractivity contribution in [3.05, 3.63) is 62.5 Å². The maximum Gasteiger partial charge on any atom is 1.00 e. The van der Waals surface area contributed by atoms with E-state index in [-0.39, 0.29) is 70.8 Å². The molecule has 0 unspecified atom stereocenters. The van der Waals surface area contributed by atoms with E-state index in [0.29, 0.717) is 28.7 Å². The molecule has 3 aliphatic rings. The number of thiazole rings is 1. The van der Waals surface area contributed by atoms with Crippen molar-refractivity contribution in [3.63, 3.8) is 0 Å².